The number of nitrogens with zero attached hydrogens (tertiary/aromatic N) is 1. The maximum atomic E-state index is 10.1. The Bertz CT molecular complexity index is 354. The van der Waals surface area contributed by atoms with Gasteiger partial charge in [0.05, 0.1) is 13.2 Å². The second-order valence-electron chi connectivity index (χ2n) is 3.46. The largest absolute Gasteiger partial charge is 0.496 e. The number of hydrogen-bond acceptors (Lipinski definition) is 4. The van der Waals surface area contributed by atoms with Gasteiger partial charge in [0.1, 0.15) is 5.75 Å². The summed E-state index contributed by atoms with van der Waals surface area (Å²) >= 11 is 0. The second-order valence-corrected chi connectivity index (χ2v) is 3.46. The molecule has 0 aromatic heterocycles. The Balaban J connectivity index is 2.58. The molecule has 0 aliphatic carbocycles. The summed E-state index contributed by atoms with van der Waals surface area (Å²) in [6.07, 6.45) is 0.00390. The molecule has 0 saturated carbocycles. The Morgan fingerprint density at radius 2 is 2.19 bits per heavy atom. The van der Waals surface area contributed by atoms with E-state index in [1.807, 2.05) is 6.07 Å². The average molecular weight is 225 g/mol. The van der Waals surface area contributed by atoms with Crippen molar-refractivity contribution in [3.05, 3.63) is 39.9 Å². The van der Waals surface area contributed by atoms with Crippen LogP contribution >= 0.6 is 0 Å². The number of rotatable bonds is 6. The minimum absolute atomic E-state index is 0.119. The zero-order valence-electron chi connectivity index (χ0n) is 9.13. The van der Waals surface area contributed by atoms with E-state index >= 15 is 0 Å². The van der Waals surface area contributed by atoms with Crippen LogP contribution in [0.15, 0.2) is 24.3 Å². The lowest BCUT2D eigenvalue weighted by molar-refractivity contribution is -0.480. The molecule has 0 spiro atoms. The number of benzene rings is 1. The summed E-state index contributed by atoms with van der Waals surface area (Å²) in [4.78, 5) is 9.76. The Morgan fingerprint density at radius 1 is 1.50 bits per heavy atom. The molecule has 5 heteroatoms. The molecule has 1 aromatic carbocycles. The lowest BCUT2D eigenvalue weighted by Crippen LogP contribution is -2.05. The van der Waals surface area contributed by atoms with Gasteiger partial charge in [0.15, 0.2) is 0 Å². The third-order valence-corrected chi connectivity index (χ3v) is 2.32. The lowest BCUT2D eigenvalue weighted by Gasteiger charge is -2.13. The molecule has 1 N–H and O–H groups in total. The van der Waals surface area contributed by atoms with E-state index in [0.717, 1.165) is 0 Å². The number of methoxy groups -OCH3 is 1. The first-order valence-corrected chi connectivity index (χ1v) is 5.08. The van der Waals surface area contributed by atoms with Gasteiger partial charge in [-0.2, -0.15) is 0 Å². The summed E-state index contributed by atoms with van der Waals surface area (Å²) in [5, 5.41) is 20.0. The molecule has 0 fully saturated rings. The van der Waals surface area contributed by atoms with Gasteiger partial charge in [0.25, 0.3) is 0 Å². The summed E-state index contributed by atoms with van der Waals surface area (Å²) in [5.74, 6) is 0.608. The van der Waals surface area contributed by atoms with Crippen molar-refractivity contribution in [3.63, 3.8) is 0 Å². The molecule has 0 unspecified atom stereocenters. The Labute approximate surface area is 93.8 Å². The van der Waals surface area contributed by atoms with Crippen LogP contribution in [0.3, 0.4) is 0 Å². The minimum atomic E-state index is -0.712. The van der Waals surface area contributed by atoms with Crippen LogP contribution in [0, 0.1) is 10.1 Å². The number of ether oxygens (including phenoxy) is 1. The molecule has 5 nitrogen and oxygen atoms in total. The van der Waals surface area contributed by atoms with E-state index in [-0.39, 0.29) is 11.5 Å². The van der Waals surface area contributed by atoms with Crippen molar-refractivity contribution in [3.8, 4) is 5.75 Å². The fourth-order valence-corrected chi connectivity index (χ4v) is 1.51. The number of hydrogen-bond donors (Lipinski definition) is 1. The molecule has 0 bridgehead atoms. The fourth-order valence-electron chi connectivity index (χ4n) is 1.51. The van der Waals surface area contributed by atoms with Crippen LogP contribution in [0.25, 0.3) is 0 Å². The standard InChI is InChI=1S/C11H15NO4/c1-16-11-7-3-2-5-9(11)10(13)6-4-8-12(14)15/h2-3,5,7,10,13H,4,6,8H2,1H3/t10-/m0/s1. The van der Waals surface area contributed by atoms with Gasteiger partial charge < -0.3 is 9.84 Å². The van der Waals surface area contributed by atoms with E-state index in [9.17, 15) is 15.2 Å². The predicted molar refractivity (Wildman–Crippen MR) is 59.0 cm³/mol. The molecule has 88 valence electrons. The van der Waals surface area contributed by atoms with Crippen LogP contribution in [-0.2, 0) is 0 Å². The first-order chi connectivity index (χ1) is 7.65. The molecular formula is C11H15NO4. The van der Waals surface area contributed by atoms with E-state index in [2.05, 4.69) is 0 Å². The van der Waals surface area contributed by atoms with Crippen molar-refractivity contribution in [1.82, 2.24) is 0 Å². The Morgan fingerprint density at radius 3 is 2.81 bits per heavy atom. The van der Waals surface area contributed by atoms with Gasteiger partial charge in [-0.15, -0.1) is 0 Å². The van der Waals surface area contributed by atoms with Gasteiger partial charge in [-0.25, -0.2) is 0 Å². The zero-order chi connectivity index (χ0) is 12.0. The molecular weight excluding hydrogens is 210 g/mol. The van der Waals surface area contributed by atoms with Crippen molar-refractivity contribution in [2.24, 2.45) is 0 Å². The highest BCUT2D eigenvalue weighted by Gasteiger charge is 2.13. The van der Waals surface area contributed by atoms with E-state index in [1.165, 1.54) is 7.11 Å². The highest BCUT2D eigenvalue weighted by atomic mass is 16.6. The summed E-state index contributed by atoms with van der Waals surface area (Å²) in [6, 6.07) is 7.13. The molecule has 0 amide bonds. The fraction of sp³-hybridized carbons (Fsp3) is 0.455. The van der Waals surface area contributed by atoms with Gasteiger partial charge in [-0.1, -0.05) is 18.2 Å². The van der Waals surface area contributed by atoms with Crippen molar-refractivity contribution in [1.29, 1.82) is 0 Å². The van der Waals surface area contributed by atoms with Crippen molar-refractivity contribution in [2.45, 2.75) is 18.9 Å². The Kier molecular flexibility index (Phi) is 4.72. The van der Waals surface area contributed by atoms with Gasteiger partial charge in [0, 0.05) is 16.9 Å². The predicted octanol–water partition coefficient (Wildman–Crippen LogP) is 1.79. The molecule has 16 heavy (non-hydrogen) atoms. The quantitative estimate of drug-likeness (QED) is 0.591. The normalized spacial score (nSPS) is 12.1. The Hall–Kier alpha value is -1.62. The second kappa shape index (κ2) is 6.07. The highest BCUT2D eigenvalue weighted by Crippen LogP contribution is 2.27. The summed E-state index contributed by atoms with van der Waals surface area (Å²) < 4.78 is 5.10. The van der Waals surface area contributed by atoms with Gasteiger partial charge >= 0.3 is 0 Å². The maximum absolute atomic E-state index is 10.1. The molecule has 1 atom stereocenters. The van der Waals surface area contributed by atoms with Crippen LogP contribution in [0.5, 0.6) is 5.75 Å². The third-order valence-electron chi connectivity index (χ3n) is 2.32. The maximum Gasteiger partial charge on any atom is 0.204 e. The number of nitro groups is 1. The molecule has 1 rings (SSSR count). The minimum Gasteiger partial charge on any atom is -0.496 e. The van der Waals surface area contributed by atoms with Crippen molar-refractivity contribution < 1.29 is 14.8 Å². The van der Waals surface area contributed by atoms with Crippen LogP contribution in [-0.4, -0.2) is 23.7 Å². The number of para-hydroxylation sites is 1. The van der Waals surface area contributed by atoms with E-state index in [1.54, 1.807) is 18.2 Å². The monoisotopic (exact) mass is 225 g/mol. The van der Waals surface area contributed by atoms with Crippen molar-refractivity contribution >= 4 is 0 Å². The van der Waals surface area contributed by atoms with E-state index in [4.69, 9.17) is 4.74 Å². The average Bonchev–Trinajstić information content (AvgIpc) is 2.28. The molecule has 0 radical (unpaired) electrons. The van der Waals surface area contributed by atoms with Gasteiger partial charge in [-0.3, -0.25) is 10.1 Å². The summed E-state index contributed by atoms with van der Waals surface area (Å²) in [7, 11) is 1.53. The van der Waals surface area contributed by atoms with Crippen molar-refractivity contribution in [2.75, 3.05) is 13.7 Å². The third kappa shape index (κ3) is 3.51. The zero-order valence-corrected chi connectivity index (χ0v) is 9.13. The SMILES string of the molecule is COc1ccccc1[C@@H](O)CCC[N+](=O)[O-]. The van der Waals surface area contributed by atoms with E-state index < -0.39 is 6.10 Å². The first-order valence-electron chi connectivity index (χ1n) is 5.08. The molecule has 0 heterocycles. The topological polar surface area (TPSA) is 72.6 Å². The molecule has 1 aromatic rings. The van der Waals surface area contributed by atoms with Crippen LogP contribution in [0.4, 0.5) is 0 Å². The molecule has 0 aliphatic rings. The van der Waals surface area contributed by atoms with Crippen LogP contribution in [0.1, 0.15) is 24.5 Å². The highest BCUT2D eigenvalue weighted by molar-refractivity contribution is 5.34. The van der Waals surface area contributed by atoms with Gasteiger partial charge in [0.2, 0.25) is 6.54 Å². The van der Waals surface area contributed by atoms with Crippen LogP contribution in [0.2, 0.25) is 0 Å². The van der Waals surface area contributed by atoms with Crippen LogP contribution < -0.4 is 4.74 Å². The number of aliphatic hydroxyl groups excluding tert-OH is 1. The summed E-state index contributed by atoms with van der Waals surface area (Å²) in [6.45, 7) is -0.119. The first kappa shape index (κ1) is 12.4. The smallest absolute Gasteiger partial charge is 0.204 e. The van der Waals surface area contributed by atoms with E-state index in [0.29, 0.717) is 24.2 Å². The molecule has 0 aliphatic heterocycles. The lowest BCUT2D eigenvalue weighted by atomic mass is 10.0. The summed E-state index contributed by atoms with van der Waals surface area (Å²) in [5.41, 5.74) is 0.674. The van der Waals surface area contributed by atoms with Gasteiger partial charge in [-0.05, 0) is 12.5 Å². The number of aliphatic hydroxyl groups is 1. The molecule has 0 saturated heterocycles.